The minimum Gasteiger partial charge on any atom is -0.274 e. The van der Waals surface area contributed by atoms with Crippen LogP contribution in [-0.2, 0) is 27.1 Å². The molecule has 1 atom stereocenters. The lowest BCUT2D eigenvalue weighted by Gasteiger charge is -2.32. The van der Waals surface area contributed by atoms with Gasteiger partial charge in [-0.1, -0.05) is 12.8 Å². The fourth-order valence-electron chi connectivity index (χ4n) is 3.43. The number of piperidine rings is 1. The van der Waals surface area contributed by atoms with Gasteiger partial charge in [-0.25, -0.2) is 21.6 Å². The molecule has 0 unspecified atom stereocenters. The molecule has 2 fully saturated rings. The Kier molecular flexibility index (Phi) is 5.01. The molecular formula is C14H24N4O4S2. The largest absolute Gasteiger partial charge is 0.274 e. The lowest BCUT2D eigenvalue weighted by atomic mass is 10.2. The molecule has 1 aliphatic heterocycles. The number of sulfonamides is 2. The Labute approximate surface area is 143 Å². The van der Waals surface area contributed by atoms with Gasteiger partial charge in [0.25, 0.3) is 0 Å². The van der Waals surface area contributed by atoms with E-state index >= 15 is 0 Å². The Morgan fingerprint density at radius 3 is 2.46 bits per heavy atom. The molecule has 1 saturated heterocycles. The van der Waals surface area contributed by atoms with E-state index in [-0.39, 0.29) is 17.5 Å². The second-order valence-electron chi connectivity index (χ2n) is 6.62. The molecule has 0 spiro atoms. The zero-order valence-electron chi connectivity index (χ0n) is 13.8. The highest BCUT2D eigenvalue weighted by Gasteiger charge is 2.37. The molecule has 2 heterocycles. The molecule has 1 aromatic rings. The number of rotatable bonds is 5. The molecule has 1 N–H and O–H groups in total. The number of nitrogens with zero attached hydrogens (tertiary/aromatic N) is 3. The van der Waals surface area contributed by atoms with E-state index in [4.69, 9.17) is 0 Å². The van der Waals surface area contributed by atoms with Gasteiger partial charge >= 0.3 is 0 Å². The first kappa shape index (κ1) is 17.8. The van der Waals surface area contributed by atoms with Gasteiger partial charge in [0.05, 0.1) is 11.4 Å². The summed E-state index contributed by atoms with van der Waals surface area (Å²) in [5.74, 6) is 0. The van der Waals surface area contributed by atoms with Crippen LogP contribution in [0, 0.1) is 0 Å². The lowest BCUT2D eigenvalue weighted by molar-refractivity contribution is 0.343. The topological polar surface area (TPSA) is 101 Å². The van der Waals surface area contributed by atoms with Crippen molar-refractivity contribution < 1.29 is 16.8 Å². The van der Waals surface area contributed by atoms with Gasteiger partial charge < -0.3 is 0 Å². The molecule has 0 amide bonds. The van der Waals surface area contributed by atoms with Crippen LogP contribution in [0.4, 0.5) is 0 Å². The number of aromatic nitrogens is 2. The Bertz CT molecular complexity index is 781. The molecule has 1 aromatic heterocycles. The molecule has 10 heteroatoms. The first-order chi connectivity index (χ1) is 11.3. The molecule has 3 rings (SSSR count). The maximum atomic E-state index is 12.7. The molecule has 0 aromatic carbocycles. The summed E-state index contributed by atoms with van der Waals surface area (Å²) in [4.78, 5) is 0.104. The van der Waals surface area contributed by atoms with Gasteiger partial charge in [-0.05, 0) is 25.7 Å². The van der Waals surface area contributed by atoms with E-state index < -0.39 is 25.3 Å². The molecule has 8 nitrogen and oxygen atoms in total. The average Bonchev–Trinajstić information content (AvgIpc) is 3.19. The van der Waals surface area contributed by atoms with E-state index in [2.05, 4.69) is 9.82 Å². The van der Waals surface area contributed by atoms with Gasteiger partial charge in [-0.15, -0.1) is 0 Å². The quantitative estimate of drug-likeness (QED) is 0.803. The van der Waals surface area contributed by atoms with Gasteiger partial charge in [-0.2, -0.15) is 9.40 Å². The van der Waals surface area contributed by atoms with Crippen molar-refractivity contribution in [3.05, 3.63) is 12.4 Å². The highest BCUT2D eigenvalue weighted by Crippen LogP contribution is 2.25. The van der Waals surface area contributed by atoms with Gasteiger partial charge in [0, 0.05) is 32.4 Å². The highest BCUT2D eigenvalue weighted by atomic mass is 32.2. The molecule has 24 heavy (non-hydrogen) atoms. The van der Waals surface area contributed by atoms with Crippen molar-refractivity contribution in [3.63, 3.8) is 0 Å². The predicted octanol–water partition coefficient (Wildman–Crippen LogP) is 0.435. The summed E-state index contributed by atoms with van der Waals surface area (Å²) in [6.07, 6.45) is 7.57. The monoisotopic (exact) mass is 376 g/mol. The van der Waals surface area contributed by atoms with E-state index in [1.165, 1.54) is 21.4 Å². The minimum absolute atomic E-state index is 0.000284. The third-order valence-corrected chi connectivity index (χ3v) is 8.53. The SMILES string of the molecule is Cn1cc(S(=O)(=O)N2CCC[C@H](S(=O)(=O)NC3CCCC3)C2)cn1. The predicted molar refractivity (Wildman–Crippen MR) is 89.3 cm³/mol. The first-order valence-electron chi connectivity index (χ1n) is 8.29. The van der Waals surface area contributed by atoms with Gasteiger partial charge in [-0.3, -0.25) is 4.68 Å². The van der Waals surface area contributed by atoms with Crippen LogP contribution in [0.1, 0.15) is 38.5 Å². The fourth-order valence-corrected chi connectivity index (χ4v) is 6.78. The molecule has 0 bridgehead atoms. The van der Waals surface area contributed by atoms with Crippen LogP contribution in [0.15, 0.2) is 17.3 Å². The van der Waals surface area contributed by atoms with Crippen LogP contribution in [0.2, 0.25) is 0 Å². The molecule has 2 aliphatic rings. The molecule has 136 valence electrons. The van der Waals surface area contributed by atoms with Crippen molar-refractivity contribution in [1.82, 2.24) is 18.8 Å². The van der Waals surface area contributed by atoms with E-state index in [0.29, 0.717) is 19.4 Å². The minimum atomic E-state index is -3.70. The van der Waals surface area contributed by atoms with Crippen molar-refractivity contribution in [2.75, 3.05) is 13.1 Å². The Morgan fingerprint density at radius 1 is 1.12 bits per heavy atom. The van der Waals surface area contributed by atoms with E-state index in [1.54, 1.807) is 7.05 Å². The zero-order chi connectivity index (χ0) is 17.4. The Morgan fingerprint density at radius 2 is 1.83 bits per heavy atom. The summed E-state index contributed by atoms with van der Waals surface area (Å²) >= 11 is 0. The number of hydrogen-bond acceptors (Lipinski definition) is 5. The molecular weight excluding hydrogens is 352 g/mol. The normalized spacial score (nSPS) is 24.5. The van der Waals surface area contributed by atoms with Crippen molar-refractivity contribution in [2.45, 2.75) is 54.7 Å². The number of hydrogen-bond donors (Lipinski definition) is 1. The zero-order valence-corrected chi connectivity index (χ0v) is 15.4. The Balaban J connectivity index is 1.74. The second-order valence-corrected chi connectivity index (χ2v) is 10.6. The second kappa shape index (κ2) is 6.74. The van der Waals surface area contributed by atoms with E-state index in [0.717, 1.165) is 25.7 Å². The van der Waals surface area contributed by atoms with Gasteiger partial charge in [0.15, 0.2) is 0 Å². The smallest absolute Gasteiger partial charge is 0.246 e. The van der Waals surface area contributed by atoms with Crippen LogP contribution in [0.25, 0.3) is 0 Å². The van der Waals surface area contributed by atoms with Crippen molar-refractivity contribution in [1.29, 1.82) is 0 Å². The Hall–Kier alpha value is -0.970. The standard InChI is InChI=1S/C14H24N4O4S2/c1-17-10-14(9-15-17)24(21,22)18-8-4-7-13(11-18)23(19,20)16-12-5-2-3-6-12/h9-10,12-13,16H,2-8,11H2,1H3/t13-/m0/s1. The fraction of sp³-hybridized carbons (Fsp3) is 0.786. The van der Waals surface area contributed by atoms with Gasteiger partial charge in [0.2, 0.25) is 20.0 Å². The summed E-state index contributed by atoms with van der Waals surface area (Å²) in [5, 5.41) is 3.20. The number of aryl methyl sites for hydroxylation is 1. The number of nitrogens with one attached hydrogen (secondary N) is 1. The highest BCUT2D eigenvalue weighted by molar-refractivity contribution is 7.90. The van der Waals surface area contributed by atoms with E-state index in [1.807, 2.05) is 0 Å². The lowest BCUT2D eigenvalue weighted by Crippen LogP contribution is -2.49. The maximum Gasteiger partial charge on any atom is 0.246 e. The molecule has 1 aliphatic carbocycles. The summed E-state index contributed by atoms with van der Waals surface area (Å²) in [5.41, 5.74) is 0. The van der Waals surface area contributed by atoms with E-state index in [9.17, 15) is 16.8 Å². The summed E-state index contributed by atoms with van der Waals surface area (Å²) < 4.78 is 56.0. The van der Waals surface area contributed by atoms with Crippen molar-refractivity contribution in [3.8, 4) is 0 Å². The van der Waals surface area contributed by atoms with Crippen LogP contribution >= 0.6 is 0 Å². The molecule has 1 saturated carbocycles. The molecule has 0 radical (unpaired) electrons. The first-order valence-corrected chi connectivity index (χ1v) is 11.3. The van der Waals surface area contributed by atoms with Crippen LogP contribution < -0.4 is 4.72 Å². The summed E-state index contributed by atoms with van der Waals surface area (Å²) in [6, 6.07) is 0.000284. The van der Waals surface area contributed by atoms with Crippen LogP contribution in [0.5, 0.6) is 0 Å². The van der Waals surface area contributed by atoms with Crippen LogP contribution in [-0.4, -0.2) is 55.3 Å². The third-order valence-electron chi connectivity index (χ3n) is 4.78. The third kappa shape index (κ3) is 3.66. The summed E-state index contributed by atoms with van der Waals surface area (Å²) in [7, 11) is -5.57. The average molecular weight is 377 g/mol. The van der Waals surface area contributed by atoms with Crippen molar-refractivity contribution in [2.24, 2.45) is 7.05 Å². The van der Waals surface area contributed by atoms with Gasteiger partial charge in [0.1, 0.15) is 4.90 Å². The van der Waals surface area contributed by atoms with Crippen molar-refractivity contribution >= 4 is 20.0 Å². The van der Waals surface area contributed by atoms with Crippen LogP contribution in [0.3, 0.4) is 0 Å². The summed E-state index contributed by atoms with van der Waals surface area (Å²) in [6.45, 7) is 0.339. The maximum absolute atomic E-state index is 12.7.